The third-order valence-electron chi connectivity index (χ3n) is 6.38. The number of rotatable bonds is 7. The Labute approximate surface area is 205 Å². The Balaban J connectivity index is 2.06. The first kappa shape index (κ1) is 24.4. The first-order valence-corrected chi connectivity index (χ1v) is 13.0. The highest BCUT2D eigenvalue weighted by Crippen LogP contribution is 2.47. The molecular weight excluding hydrogens is 462 g/mol. The molecule has 0 N–H and O–H groups in total. The summed E-state index contributed by atoms with van der Waals surface area (Å²) in [5, 5.41) is 0. The lowest BCUT2D eigenvalue weighted by molar-refractivity contribution is -0.153. The van der Waals surface area contributed by atoms with E-state index in [2.05, 4.69) is 0 Å². The maximum absolute atomic E-state index is 14.5. The maximum atomic E-state index is 14.5. The maximum Gasteiger partial charge on any atom is 0.314 e. The topological polar surface area (TPSA) is 80.8 Å². The minimum atomic E-state index is -4.30. The van der Waals surface area contributed by atoms with Gasteiger partial charge >= 0.3 is 5.97 Å². The highest BCUT2D eigenvalue weighted by Gasteiger charge is 2.57. The van der Waals surface area contributed by atoms with E-state index in [1.54, 1.807) is 92.7 Å². The molecule has 4 rings (SSSR count). The average Bonchev–Trinajstić information content (AvgIpc) is 2.89. The monoisotopic (exact) mass is 489 g/mol. The molecule has 0 radical (unpaired) electrons. The lowest BCUT2D eigenvalue weighted by Crippen LogP contribution is -2.56. The summed E-state index contributed by atoms with van der Waals surface area (Å²) in [6, 6.07) is 25.5. The van der Waals surface area contributed by atoms with E-state index in [4.69, 9.17) is 4.74 Å². The molecule has 1 heterocycles. The fraction of sp³-hybridized carbons (Fsp3) is 0.214. The molecule has 1 aliphatic heterocycles. The van der Waals surface area contributed by atoms with E-state index >= 15 is 0 Å². The van der Waals surface area contributed by atoms with E-state index < -0.39 is 33.2 Å². The quantitative estimate of drug-likeness (QED) is 0.446. The number of nitrogens with zero attached hydrogens (tertiary/aromatic N) is 1. The summed E-state index contributed by atoms with van der Waals surface area (Å²) in [5.41, 5.74) is -0.264. The Morgan fingerprint density at radius 1 is 0.886 bits per heavy atom. The molecule has 0 aromatic heterocycles. The van der Waals surface area contributed by atoms with Crippen molar-refractivity contribution in [3.8, 4) is 0 Å². The van der Waals surface area contributed by atoms with Gasteiger partial charge in [0.05, 0.1) is 28.5 Å². The molecule has 0 saturated heterocycles. The standard InChI is InChI=1S/C28H27NO5S/c1-3-28(22-16-10-6-11-17-22)24(26(30)34-4-2)20-25(21-14-8-5-9-15-21)29(27(28)31)35(32,33)23-18-12-7-13-19-23/h5-20,24H,3-4H2,1-2H3/t24-,28-/m1/s1. The largest absolute Gasteiger partial charge is 0.466 e. The molecule has 2 atom stereocenters. The lowest BCUT2D eigenvalue weighted by Gasteiger charge is -2.44. The molecule has 1 aliphatic rings. The van der Waals surface area contributed by atoms with Crippen molar-refractivity contribution in [2.75, 3.05) is 6.61 Å². The third kappa shape index (κ3) is 4.17. The molecule has 35 heavy (non-hydrogen) atoms. The van der Waals surface area contributed by atoms with Crippen LogP contribution in [0.3, 0.4) is 0 Å². The van der Waals surface area contributed by atoms with Crippen molar-refractivity contribution in [1.82, 2.24) is 4.31 Å². The van der Waals surface area contributed by atoms with Crippen molar-refractivity contribution >= 4 is 27.6 Å². The van der Waals surface area contributed by atoms with Crippen LogP contribution in [-0.4, -0.2) is 31.2 Å². The number of sulfonamides is 1. The smallest absolute Gasteiger partial charge is 0.314 e. The van der Waals surface area contributed by atoms with E-state index in [1.165, 1.54) is 12.1 Å². The fourth-order valence-corrected chi connectivity index (χ4v) is 6.18. The van der Waals surface area contributed by atoms with Gasteiger partial charge in [0.15, 0.2) is 0 Å². The second kappa shape index (κ2) is 9.88. The third-order valence-corrected chi connectivity index (χ3v) is 8.09. The molecule has 6 nitrogen and oxygen atoms in total. The molecule has 0 bridgehead atoms. The highest BCUT2D eigenvalue weighted by molar-refractivity contribution is 7.90. The van der Waals surface area contributed by atoms with Gasteiger partial charge in [-0.1, -0.05) is 85.8 Å². The summed E-state index contributed by atoms with van der Waals surface area (Å²) >= 11 is 0. The zero-order valence-corrected chi connectivity index (χ0v) is 20.4. The zero-order chi connectivity index (χ0) is 25.1. The van der Waals surface area contributed by atoms with Crippen molar-refractivity contribution < 1.29 is 22.7 Å². The van der Waals surface area contributed by atoms with Gasteiger partial charge in [-0.3, -0.25) is 9.59 Å². The Morgan fingerprint density at radius 3 is 1.97 bits per heavy atom. The van der Waals surface area contributed by atoms with Crippen LogP contribution in [0.1, 0.15) is 31.4 Å². The number of carbonyl (C=O) groups excluding carboxylic acids is 2. The molecule has 0 aliphatic carbocycles. The van der Waals surface area contributed by atoms with Gasteiger partial charge in [-0.15, -0.1) is 0 Å². The summed E-state index contributed by atoms with van der Waals surface area (Å²) in [5.74, 6) is -2.27. The van der Waals surface area contributed by atoms with Crippen LogP contribution in [0.5, 0.6) is 0 Å². The Kier molecular flexibility index (Phi) is 6.89. The van der Waals surface area contributed by atoms with Crippen LogP contribution >= 0.6 is 0 Å². The number of amides is 1. The van der Waals surface area contributed by atoms with Gasteiger partial charge in [0.25, 0.3) is 15.9 Å². The Bertz CT molecular complexity index is 1340. The van der Waals surface area contributed by atoms with Crippen molar-refractivity contribution in [3.63, 3.8) is 0 Å². The summed E-state index contributed by atoms with van der Waals surface area (Å²) < 4.78 is 34.2. The molecule has 7 heteroatoms. The molecule has 0 unspecified atom stereocenters. The number of ether oxygens (including phenoxy) is 1. The van der Waals surface area contributed by atoms with Gasteiger partial charge in [0, 0.05) is 0 Å². The minimum Gasteiger partial charge on any atom is -0.466 e. The Morgan fingerprint density at radius 2 is 1.43 bits per heavy atom. The normalized spacial score (nSPS) is 20.3. The Hall–Kier alpha value is -3.71. The molecule has 3 aromatic carbocycles. The molecule has 0 spiro atoms. The van der Waals surface area contributed by atoms with Crippen LogP contribution in [0.15, 0.2) is 102 Å². The SMILES string of the molecule is CCOC(=O)[C@H]1C=C(c2ccccc2)N(S(=O)(=O)c2ccccc2)C(=O)[C@]1(CC)c1ccccc1. The predicted molar refractivity (Wildman–Crippen MR) is 133 cm³/mol. The lowest BCUT2D eigenvalue weighted by atomic mass is 9.65. The van der Waals surface area contributed by atoms with E-state index in [9.17, 15) is 18.0 Å². The minimum absolute atomic E-state index is 0.0113. The number of esters is 1. The molecule has 3 aromatic rings. The first-order valence-electron chi connectivity index (χ1n) is 11.5. The summed E-state index contributed by atoms with van der Waals surface area (Å²) in [6.07, 6.45) is 1.77. The van der Waals surface area contributed by atoms with Gasteiger partial charge < -0.3 is 4.74 Å². The van der Waals surface area contributed by atoms with E-state index in [1.807, 2.05) is 6.07 Å². The van der Waals surface area contributed by atoms with Crippen LogP contribution in [0.4, 0.5) is 0 Å². The van der Waals surface area contributed by atoms with Gasteiger partial charge in [0.1, 0.15) is 0 Å². The predicted octanol–water partition coefficient (Wildman–Crippen LogP) is 4.79. The first-order chi connectivity index (χ1) is 16.9. The highest BCUT2D eigenvalue weighted by atomic mass is 32.2. The second-order valence-corrected chi connectivity index (χ2v) is 10.0. The molecular formula is C28H27NO5S. The molecule has 180 valence electrons. The molecule has 1 amide bonds. The van der Waals surface area contributed by atoms with Crippen molar-refractivity contribution in [2.24, 2.45) is 5.92 Å². The number of carbonyl (C=O) groups is 2. The zero-order valence-electron chi connectivity index (χ0n) is 19.6. The molecule has 0 saturated carbocycles. The number of hydrogen-bond donors (Lipinski definition) is 0. The van der Waals surface area contributed by atoms with E-state index in [0.29, 0.717) is 11.1 Å². The number of hydrogen-bond acceptors (Lipinski definition) is 5. The second-order valence-electron chi connectivity index (χ2n) is 8.23. The van der Waals surface area contributed by atoms with Gasteiger partial charge in [-0.25, -0.2) is 12.7 Å². The van der Waals surface area contributed by atoms with Crippen LogP contribution in [-0.2, 0) is 29.8 Å². The van der Waals surface area contributed by atoms with E-state index in [-0.39, 0.29) is 23.6 Å². The van der Waals surface area contributed by atoms with Crippen LogP contribution in [0, 0.1) is 5.92 Å². The summed E-state index contributed by atoms with van der Waals surface area (Å²) in [6.45, 7) is 3.62. The summed E-state index contributed by atoms with van der Waals surface area (Å²) in [7, 11) is -4.30. The van der Waals surface area contributed by atoms with Crippen LogP contribution in [0.25, 0.3) is 5.70 Å². The number of benzene rings is 3. The van der Waals surface area contributed by atoms with Crippen molar-refractivity contribution in [2.45, 2.75) is 30.6 Å². The summed E-state index contributed by atoms with van der Waals surface area (Å²) in [4.78, 5) is 27.8. The van der Waals surface area contributed by atoms with Crippen LogP contribution in [0.2, 0.25) is 0 Å². The van der Waals surface area contributed by atoms with Crippen LogP contribution < -0.4 is 0 Å². The van der Waals surface area contributed by atoms with Crippen molar-refractivity contribution in [3.05, 3.63) is 108 Å². The van der Waals surface area contributed by atoms with Gasteiger partial charge in [-0.2, -0.15) is 0 Å². The van der Waals surface area contributed by atoms with E-state index in [0.717, 1.165) is 4.31 Å². The van der Waals surface area contributed by atoms with Gasteiger partial charge in [0.2, 0.25) is 0 Å². The van der Waals surface area contributed by atoms with Crippen molar-refractivity contribution in [1.29, 1.82) is 0 Å². The molecule has 0 fully saturated rings. The average molecular weight is 490 g/mol. The van der Waals surface area contributed by atoms with Gasteiger partial charge in [-0.05, 0) is 42.7 Å². The fourth-order valence-electron chi connectivity index (χ4n) is 4.67.